The first-order chi connectivity index (χ1) is 18.2. The van der Waals surface area contributed by atoms with E-state index in [1.165, 1.54) is 0 Å². The number of amidine groups is 1. The molecule has 1 aliphatic rings. The lowest BCUT2D eigenvalue weighted by molar-refractivity contribution is 0.113. The van der Waals surface area contributed by atoms with Crippen LogP contribution in [0.5, 0.6) is 5.75 Å². The molecule has 1 aliphatic heterocycles. The van der Waals surface area contributed by atoms with Crippen LogP contribution in [0.25, 0.3) is 5.57 Å². The first-order valence-corrected chi connectivity index (χ1v) is 13.8. The van der Waals surface area contributed by atoms with Crippen LogP contribution in [-0.4, -0.2) is 59.0 Å². The molecule has 0 spiro atoms. The van der Waals surface area contributed by atoms with E-state index in [9.17, 15) is 10.4 Å². The molecule has 0 radical (unpaired) electrons. The lowest BCUT2D eigenvalue weighted by Gasteiger charge is -2.49. The third kappa shape index (κ3) is 11.2. The molecule has 7 nitrogen and oxygen atoms in total. The molecular weight excluding hydrogens is 484 g/mol. The molecule has 0 bridgehead atoms. The number of rotatable bonds is 6. The van der Waals surface area contributed by atoms with E-state index in [-0.39, 0.29) is 16.8 Å². The SMILES string of the molecule is C=CC.CC.CC/C(=N\N=C(/C)N(C)C1CC(C)(C)NC(C)(C)C1)c1ccc(/C(C=NC)=C(/C)C#N)cc1O. The number of allylic oxidation sites excluding steroid dienone is 3. The largest absolute Gasteiger partial charge is 0.507 e. The van der Waals surface area contributed by atoms with Gasteiger partial charge in [-0.25, -0.2) is 0 Å². The van der Waals surface area contributed by atoms with Crippen molar-refractivity contribution in [1.82, 2.24) is 10.2 Å². The number of aliphatic imine (C=N–C) groups is 1. The van der Waals surface area contributed by atoms with E-state index in [0.29, 0.717) is 34.9 Å². The molecule has 2 N–H and O–H groups in total. The maximum absolute atomic E-state index is 10.8. The Morgan fingerprint density at radius 2 is 1.72 bits per heavy atom. The molecule has 0 aromatic heterocycles. The number of benzene rings is 1. The summed E-state index contributed by atoms with van der Waals surface area (Å²) in [4.78, 5) is 6.26. The quantitative estimate of drug-likeness (QED) is 0.130. The Morgan fingerprint density at radius 3 is 2.15 bits per heavy atom. The molecule has 1 aromatic carbocycles. The highest BCUT2D eigenvalue weighted by Crippen LogP contribution is 2.31. The molecule has 0 aliphatic carbocycles. The molecule has 2 rings (SSSR count). The van der Waals surface area contributed by atoms with Crippen molar-refractivity contribution in [3.63, 3.8) is 0 Å². The maximum atomic E-state index is 10.8. The van der Waals surface area contributed by atoms with Crippen molar-refractivity contribution in [3.8, 4) is 11.8 Å². The van der Waals surface area contributed by atoms with Crippen LogP contribution >= 0.6 is 0 Å². The van der Waals surface area contributed by atoms with Gasteiger partial charge in [-0.15, -0.1) is 11.7 Å². The zero-order valence-electron chi connectivity index (χ0n) is 26.5. The summed E-state index contributed by atoms with van der Waals surface area (Å²) >= 11 is 0. The van der Waals surface area contributed by atoms with Gasteiger partial charge in [0.15, 0.2) is 0 Å². The number of nitrogens with zero attached hydrogens (tertiary/aromatic N) is 5. The number of phenolic OH excluding ortho intramolecular Hbond substituents is 1. The summed E-state index contributed by atoms with van der Waals surface area (Å²) in [5.41, 5.74) is 3.39. The number of piperidine rings is 1. The second kappa shape index (κ2) is 16.7. The van der Waals surface area contributed by atoms with Crippen LogP contribution in [0.2, 0.25) is 0 Å². The first-order valence-electron chi connectivity index (χ1n) is 13.8. The number of hydrogen-bond donors (Lipinski definition) is 2. The van der Waals surface area contributed by atoms with Gasteiger partial charge >= 0.3 is 0 Å². The van der Waals surface area contributed by atoms with Crippen molar-refractivity contribution in [2.45, 2.75) is 106 Å². The van der Waals surface area contributed by atoms with Crippen LogP contribution in [0, 0.1) is 11.3 Å². The predicted octanol–water partition coefficient (Wildman–Crippen LogP) is 7.38. The summed E-state index contributed by atoms with van der Waals surface area (Å²) in [6, 6.07) is 7.87. The van der Waals surface area contributed by atoms with Gasteiger partial charge in [0.05, 0.1) is 11.8 Å². The molecule has 1 fully saturated rings. The Kier molecular flexibility index (Phi) is 15.3. The van der Waals surface area contributed by atoms with Crippen LogP contribution in [0.1, 0.15) is 99.6 Å². The number of nitriles is 1. The normalized spacial score (nSPS) is 17.6. The molecule has 7 heteroatoms. The second-order valence-electron chi connectivity index (χ2n) is 10.8. The monoisotopic (exact) mass is 536 g/mol. The average Bonchev–Trinajstić information content (AvgIpc) is 2.87. The van der Waals surface area contributed by atoms with Crippen molar-refractivity contribution in [1.29, 1.82) is 5.26 Å². The van der Waals surface area contributed by atoms with Gasteiger partial charge in [-0.1, -0.05) is 32.9 Å². The van der Waals surface area contributed by atoms with Crippen LogP contribution in [-0.2, 0) is 0 Å². The van der Waals surface area contributed by atoms with Gasteiger partial charge in [-0.2, -0.15) is 10.4 Å². The van der Waals surface area contributed by atoms with Gasteiger partial charge in [0.2, 0.25) is 0 Å². The Hall–Kier alpha value is -3.24. The third-order valence-corrected chi connectivity index (χ3v) is 6.33. The minimum absolute atomic E-state index is 0.0476. The number of hydrogen-bond acceptors (Lipinski definition) is 6. The minimum atomic E-state index is 0.0476. The summed E-state index contributed by atoms with van der Waals surface area (Å²) in [6.45, 7) is 23.9. The minimum Gasteiger partial charge on any atom is -0.507 e. The van der Waals surface area contributed by atoms with Gasteiger partial charge < -0.3 is 15.3 Å². The van der Waals surface area contributed by atoms with Crippen molar-refractivity contribution >= 4 is 23.3 Å². The Balaban J connectivity index is 0.00000269. The highest BCUT2D eigenvalue weighted by atomic mass is 16.3. The van der Waals surface area contributed by atoms with E-state index in [0.717, 1.165) is 24.2 Å². The zero-order chi connectivity index (χ0) is 30.4. The summed E-state index contributed by atoms with van der Waals surface area (Å²) in [5.74, 6) is 0.948. The van der Waals surface area contributed by atoms with Crippen LogP contribution in [0.3, 0.4) is 0 Å². The van der Waals surface area contributed by atoms with Crippen molar-refractivity contribution in [3.05, 3.63) is 47.6 Å². The molecule has 0 unspecified atom stereocenters. The molecule has 0 amide bonds. The molecule has 0 saturated carbocycles. The van der Waals surface area contributed by atoms with E-state index in [1.54, 1.807) is 32.3 Å². The summed E-state index contributed by atoms with van der Waals surface area (Å²) in [7, 11) is 3.74. The zero-order valence-corrected chi connectivity index (χ0v) is 26.5. The van der Waals surface area contributed by atoms with E-state index >= 15 is 0 Å². The molecule has 39 heavy (non-hydrogen) atoms. The highest BCUT2D eigenvalue weighted by Gasteiger charge is 2.39. The van der Waals surface area contributed by atoms with E-state index in [4.69, 9.17) is 0 Å². The number of phenols is 1. The molecule has 216 valence electrons. The summed E-state index contributed by atoms with van der Waals surface area (Å²) in [5, 5.41) is 32.8. The molecule has 1 heterocycles. The third-order valence-electron chi connectivity index (χ3n) is 6.33. The highest BCUT2D eigenvalue weighted by molar-refractivity contribution is 6.12. The summed E-state index contributed by atoms with van der Waals surface area (Å²) in [6.07, 6.45) is 6.04. The fourth-order valence-corrected chi connectivity index (χ4v) is 4.85. The van der Waals surface area contributed by atoms with Crippen LogP contribution in [0.15, 0.2) is 51.6 Å². The van der Waals surface area contributed by atoms with E-state index in [1.807, 2.05) is 46.8 Å². The van der Waals surface area contributed by atoms with Gasteiger partial charge in [0.25, 0.3) is 0 Å². The lowest BCUT2D eigenvalue weighted by atomic mass is 9.79. The molecule has 1 saturated heterocycles. The standard InChI is InChI=1S/C27H40N6O.C3H6.C2H6/c1-10-24(22-12-11-20(13-25(22)34)23(17-29-8)18(2)16-28)31-30-19(3)33(9)21-14-26(4,5)32-27(6,7)15-21;1-3-2;1-2/h11-13,17,21,32,34H,10,14-15H2,1-9H3;3H,1H2,2H3;1-2H3/b23-18-,29-17?,30-19+,31-24+;;. The topological polar surface area (TPSA) is 96.4 Å². The molecular formula is C32H52N6O. The Labute approximate surface area is 238 Å². The smallest absolute Gasteiger partial charge is 0.125 e. The van der Waals surface area contributed by atoms with Gasteiger partial charge in [-0.05, 0) is 85.4 Å². The summed E-state index contributed by atoms with van der Waals surface area (Å²) < 4.78 is 0. The van der Waals surface area contributed by atoms with Crippen LogP contribution < -0.4 is 5.32 Å². The van der Waals surface area contributed by atoms with Gasteiger partial charge in [-0.3, -0.25) is 4.99 Å². The van der Waals surface area contributed by atoms with E-state index in [2.05, 4.69) is 72.8 Å². The Morgan fingerprint density at radius 1 is 1.18 bits per heavy atom. The fourth-order valence-electron chi connectivity index (χ4n) is 4.85. The number of nitrogens with one attached hydrogen (secondary N) is 1. The first kappa shape index (κ1) is 35.8. The Bertz CT molecular complexity index is 1090. The fraction of sp³-hybridized carbons (Fsp3) is 0.562. The van der Waals surface area contributed by atoms with E-state index < -0.39 is 0 Å². The van der Waals surface area contributed by atoms with Gasteiger partial charge in [0, 0.05) is 54.1 Å². The van der Waals surface area contributed by atoms with Crippen molar-refractivity contribution in [2.75, 3.05) is 14.1 Å². The van der Waals surface area contributed by atoms with Crippen molar-refractivity contribution in [2.24, 2.45) is 15.2 Å². The van der Waals surface area contributed by atoms with Crippen LogP contribution in [0.4, 0.5) is 0 Å². The maximum Gasteiger partial charge on any atom is 0.125 e. The lowest BCUT2D eigenvalue weighted by Crippen LogP contribution is -2.62. The van der Waals surface area contributed by atoms with Crippen molar-refractivity contribution < 1.29 is 5.11 Å². The van der Waals surface area contributed by atoms with Gasteiger partial charge in [0.1, 0.15) is 11.6 Å². The molecule has 1 aromatic rings. The second-order valence-corrected chi connectivity index (χ2v) is 10.8. The predicted molar refractivity (Wildman–Crippen MR) is 170 cm³/mol. The molecule has 0 atom stereocenters. The number of aromatic hydroxyl groups is 1. The average molecular weight is 537 g/mol.